The van der Waals surface area contributed by atoms with Gasteiger partial charge in [0.05, 0.1) is 12.0 Å². The highest BCUT2D eigenvalue weighted by Gasteiger charge is 2.41. The van der Waals surface area contributed by atoms with Crippen LogP contribution in [-0.4, -0.2) is 35.4 Å². The van der Waals surface area contributed by atoms with Crippen LogP contribution >= 0.6 is 0 Å². The van der Waals surface area contributed by atoms with Gasteiger partial charge in [0.1, 0.15) is 12.2 Å². The number of carbonyl (C=O) groups excluding carboxylic acids is 2. The van der Waals surface area contributed by atoms with E-state index in [1.165, 1.54) is 6.92 Å². The Kier molecular flexibility index (Phi) is 7.19. The Bertz CT molecular complexity index is 697. The largest absolute Gasteiger partial charge is 0.458 e. The average Bonchev–Trinajstić information content (AvgIpc) is 2.79. The SMILES string of the molecule is C=C1C(=O)OC2C=C(C)CC(OC(C)=O)C=C(C)CCC=C(C)CC(O)C12. The Morgan fingerprint density at radius 1 is 1.19 bits per heavy atom. The third-order valence-corrected chi connectivity index (χ3v) is 5.00. The first-order valence-corrected chi connectivity index (χ1v) is 9.42. The van der Waals surface area contributed by atoms with Crippen molar-refractivity contribution in [2.45, 2.75) is 71.7 Å². The number of hydrogen-bond donors (Lipinski definition) is 1. The quantitative estimate of drug-likeness (QED) is 0.429. The number of ether oxygens (including phenoxy) is 2. The molecule has 0 bridgehead atoms. The summed E-state index contributed by atoms with van der Waals surface area (Å²) in [6.07, 6.45) is 6.95. The van der Waals surface area contributed by atoms with Crippen molar-refractivity contribution in [3.05, 3.63) is 47.1 Å². The van der Waals surface area contributed by atoms with Gasteiger partial charge in [0.15, 0.2) is 0 Å². The van der Waals surface area contributed by atoms with Crippen LogP contribution in [0.3, 0.4) is 0 Å². The summed E-state index contributed by atoms with van der Waals surface area (Å²) in [7, 11) is 0. The molecular weight excluding hydrogens is 344 g/mol. The van der Waals surface area contributed by atoms with Crippen molar-refractivity contribution < 1.29 is 24.2 Å². The molecule has 1 heterocycles. The maximum atomic E-state index is 12.0. The molecular formula is C22H30O5. The zero-order valence-corrected chi connectivity index (χ0v) is 16.7. The van der Waals surface area contributed by atoms with Gasteiger partial charge in [0.25, 0.3) is 0 Å². The maximum Gasteiger partial charge on any atom is 0.334 e. The van der Waals surface area contributed by atoms with Gasteiger partial charge < -0.3 is 14.6 Å². The first kappa shape index (κ1) is 21.2. The van der Waals surface area contributed by atoms with E-state index in [1.54, 1.807) is 0 Å². The topological polar surface area (TPSA) is 72.8 Å². The fourth-order valence-corrected chi connectivity index (χ4v) is 3.70. The number of carbonyl (C=O) groups is 2. The van der Waals surface area contributed by atoms with E-state index in [9.17, 15) is 14.7 Å². The molecule has 4 atom stereocenters. The van der Waals surface area contributed by atoms with Crippen LogP contribution in [-0.2, 0) is 19.1 Å². The lowest BCUT2D eigenvalue weighted by Gasteiger charge is -2.23. The summed E-state index contributed by atoms with van der Waals surface area (Å²) in [5.41, 5.74) is 3.45. The third kappa shape index (κ3) is 5.93. The fraction of sp³-hybridized carbons (Fsp3) is 0.545. The smallest absolute Gasteiger partial charge is 0.334 e. The summed E-state index contributed by atoms with van der Waals surface area (Å²) in [5, 5.41) is 10.7. The van der Waals surface area contributed by atoms with Crippen LogP contribution < -0.4 is 0 Å². The third-order valence-electron chi connectivity index (χ3n) is 5.00. The minimum atomic E-state index is -0.738. The second-order valence-corrected chi connectivity index (χ2v) is 7.66. The van der Waals surface area contributed by atoms with E-state index < -0.39 is 24.1 Å². The van der Waals surface area contributed by atoms with Crippen molar-refractivity contribution in [2.24, 2.45) is 5.92 Å². The molecule has 0 aromatic carbocycles. The van der Waals surface area contributed by atoms with Gasteiger partial charge in [0.2, 0.25) is 0 Å². The lowest BCUT2D eigenvalue weighted by Crippen LogP contribution is -2.28. The van der Waals surface area contributed by atoms with E-state index in [0.717, 1.165) is 29.6 Å². The molecule has 5 nitrogen and oxygen atoms in total. The number of fused-ring (bicyclic) bond motifs is 1. The standard InChI is InChI=1S/C22H30O5/c1-13-7-6-8-14(2)11-19(24)21-16(4)22(25)27-20(21)12-15(3)10-18(9-13)26-17(5)23/h8-9,12,18-21,24H,4,6-7,10-11H2,1-3,5H3. The first-order valence-electron chi connectivity index (χ1n) is 9.42. The molecule has 0 spiro atoms. The Labute approximate surface area is 161 Å². The maximum absolute atomic E-state index is 12.0. The molecule has 0 saturated carbocycles. The predicted octanol–water partition coefficient (Wildman–Crippen LogP) is 3.79. The van der Waals surface area contributed by atoms with Gasteiger partial charge >= 0.3 is 11.9 Å². The number of aliphatic hydroxyl groups is 1. The number of rotatable bonds is 1. The molecule has 1 fully saturated rings. The molecule has 2 rings (SSSR count). The van der Waals surface area contributed by atoms with Gasteiger partial charge in [-0.2, -0.15) is 0 Å². The Balaban J connectivity index is 2.37. The molecule has 27 heavy (non-hydrogen) atoms. The lowest BCUT2D eigenvalue weighted by atomic mass is 9.86. The van der Waals surface area contributed by atoms with Gasteiger partial charge in [-0.05, 0) is 52.2 Å². The summed E-state index contributed by atoms with van der Waals surface area (Å²) in [4.78, 5) is 23.5. The van der Waals surface area contributed by atoms with Crippen molar-refractivity contribution in [3.63, 3.8) is 0 Å². The van der Waals surface area contributed by atoms with Gasteiger partial charge in [0, 0.05) is 18.9 Å². The van der Waals surface area contributed by atoms with Gasteiger partial charge in [-0.1, -0.05) is 29.4 Å². The molecule has 0 aromatic rings. The summed E-state index contributed by atoms with van der Waals surface area (Å²) < 4.78 is 10.9. The minimum absolute atomic E-state index is 0.309. The summed E-state index contributed by atoms with van der Waals surface area (Å²) in [5.74, 6) is -1.27. The second-order valence-electron chi connectivity index (χ2n) is 7.66. The molecule has 4 unspecified atom stereocenters. The zero-order chi connectivity index (χ0) is 20.1. The molecule has 1 aliphatic carbocycles. The molecule has 1 aliphatic heterocycles. The monoisotopic (exact) mass is 374 g/mol. The van der Waals surface area contributed by atoms with Gasteiger partial charge in [-0.3, -0.25) is 4.79 Å². The number of esters is 2. The van der Waals surface area contributed by atoms with E-state index in [4.69, 9.17) is 9.47 Å². The zero-order valence-electron chi connectivity index (χ0n) is 16.7. The lowest BCUT2D eigenvalue weighted by molar-refractivity contribution is -0.144. The highest BCUT2D eigenvalue weighted by molar-refractivity contribution is 5.91. The molecule has 1 saturated heterocycles. The number of aliphatic hydroxyl groups excluding tert-OH is 1. The Morgan fingerprint density at radius 3 is 2.56 bits per heavy atom. The summed E-state index contributed by atoms with van der Waals surface area (Å²) in [6.45, 7) is 11.1. The predicted molar refractivity (Wildman–Crippen MR) is 104 cm³/mol. The van der Waals surface area contributed by atoms with E-state index >= 15 is 0 Å². The van der Waals surface area contributed by atoms with Crippen molar-refractivity contribution in [2.75, 3.05) is 0 Å². The van der Waals surface area contributed by atoms with Crippen LogP contribution in [0.1, 0.15) is 53.4 Å². The van der Waals surface area contributed by atoms with Crippen molar-refractivity contribution in [1.29, 1.82) is 0 Å². The average molecular weight is 374 g/mol. The van der Waals surface area contributed by atoms with Gasteiger partial charge in [-0.15, -0.1) is 0 Å². The second kappa shape index (κ2) is 9.18. The molecule has 5 heteroatoms. The van der Waals surface area contributed by atoms with Crippen LogP contribution in [0.2, 0.25) is 0 Å². The van der Waals surface area contributed by atoms with E-state index in [2.05, 4.69) is 12.7 Å². The van der Waals surface area contributed by atoms with Crippen LogP contribution in [0.4, 0.5) is 0 Å². The Morgan fingerprint density at radius 2 is 1.89 bits per heavy atom. The minimum Gasteiger partial charge on any atom is -0.458 e. The molecule has 0 aromatic heterocycles. The normalized spacial score (nSPS) is 30.3. The van der Waals surface area contributed by atoms with Crippen LogP contribution in [0.5, 0.6) is 0 Å². The van der Waals surface area contributed by atoms with E-state index in [0.29, 0.717) is 18.4 Å². The van der Waals surface area contributed by atoms with Crippen LogP contribution in [0, 0.1) is 5.92 Å². The van der Waals surface area contributed by atoms with Crippen molar-refractivity contribution in [1.82, 2.24) is 0 Å². The van der Waals surface area contributed by atoms with Crippen LogP contribution in [0.15, 0.2) is 47.1 Å². The molecule has 0 amide bonds. The fourth-order valence-electron chi connectivity index (χ4n) is 3.70. The van der Waals surface area contributed by atoms with Crippen molar-refractivity contribution in [3.8, 4) is 0 Å². The van der Waals surface area contributed by atoms with Crippen LogP contribution in [0.25, 0.3) is 0 Å². The highest BCUT2D eigenvalue weighted by Crippen LogP contribution is 2.34. The molecule has 2 aliphatic rings. The first-order chi connectivity index (χ1) is 12.7. The molecule has 0 radical (unpaired) electrons. The van der Waals surface area contributed by atoms with E-state index in [-0.39, 0.29) is 12.1 Å². The Hall–Kier alpha value is -2.14. The number of allylic oxidation sites excluding steroid dienone is 2. The molecule has 1 N–H and O–H groups in total. The van der Waals surface area contributed by atoms with Gasteiger partial charge in [-0.25, -0.2) is 4.79 Å². The summed E-state index contributed by atoms with van der Waals surface area (Å²) >= 11 is 0. The highest BCUT2D eigenvalue weighted by atomic mass is 16.6. The van der Waals surface area contributed by atoms with Crippen molar-refractivity contribution >= 4 is 11.9 Å². The summed E-state index contributed by atoms with van der Waals surface area (Å²) in [6, 6.07) is 0. The molecule has 148 valence electrons. The van der Waals surface area contributed by atoms with E-state index in [1.807, 2.05) is 32.9 Å². The number of hydrogen-bond acceptors (Lipinski definition) is 5.